The van der Waals surface area contributed by atoms with Gasteiger partial charge in [0.05, 0.1) is 6.61 Å². The first kappa shape index (κ1) is 13.8. The van der Waals surface area contributed by atoms with Crippen LogP contribution in [0.3, 0.4) is 0 Å². The monoisotopic (exact) mass is 251 g/mol. The summed E-state index contributed by atoms with van der Waals surface area (Å²) < 4.78 is 56.9. The molecular weight excluding hydrogens is 238 g/mol. The van der Waals surface area contributed by atoms with Gasteiger partial charge in [-0.2, -0.15) is 0 Å². The molecule has 2 nitrogen and oxygen atoms in total. The predicted octanol–water partition coefficient (Wildman–Crippen LogP) is 3.08. The number of hydrogen-bond acceptors (Lipinski definition) is 2. The van der Waals surface area contributed by atoms with Crippen molar-refractivity contribution in [2.75, 3.05) is 25.1 Å². The molecule has 0 aliphatic rings. The molecule has 0 unspecified atom stereocenters. The van der Waals surface area contributed by atoms with Crippen molar-refractivity contribution in [2.24, 2.45) is 0 Å². The summed E-state index contributed by atoms with van der Waals surface area (Å²) in [6.07, 6.45) is 0.817. The second-order valence-electron chi connectivity index (χ2n) is 3.38. The highest BCUT2D eigenvalue weighted by Crippen LogP contribution is 2.23. The van der Waals surface area contributed by atoms with Gasteiger partial charge in [0, 0.05) is 19.2 Å². The van der Waals surface area contributed by atoms with Gasteiger partial charge in [-0.3, -0.25) is 0 Å². The zero-order valence-corrected chi connectivity index (χ0v) is 9.33. The number of benzene rings is 1. The van der Waals surface area contributed by atoms with Gasteiger partial charge in [0.15, 0.2) is 23.3 Å². The lowest BCUT2D eigenvalue weighted by Crippen LogP contribution is -2.13. The van der Waals surface area contributed by atoms with Crippen LogP contribution in [0, 0.1) is 23.3 Å². The molecule has 6 heteroatoms. The Balaban J connectivity index is 2.64. The van der Waals surface area contributed by atoms with Gasteiger partial charge in [-0.1, -0.05) is 6.92 Å². The van der Waals surface area contributed by atoms with Crippen molar-refractivity contribution < 1.29 is 22.3 Å². The summed E-state index contributed by atoms with van der Waals surface area (Å²) in [5, 5.41) is 2.27. The van der Waals surface area contributed by atoms with Crippen LogP contribution in [0.5, 0.6) is 0 Å². The summed E-state index contributed by atoms with van der Waals surface area (Å²) in [7, 11) is 0. The Kier molecular flexibility index (Phi) is 5.21. The lowest BCUT2D eigenvalue weighted by molar-refractivity contribution is 0.144. The fourth-order valence-electron chi connectivity index (χ4n) is 1.22. The molecule has 96 valence electrons. The van der Waals surface area contributed by atoms with E-state index in [1.165, 1.54) is 0 Å². The highest BCUT2D eigenvalue weighted by Gasteiger charge is 2.18. The van der Waals surface area contributed by atoms with E-state index in [1.54, 1.807) is 0 Å². The van der Waals surface area contributed by atoms with Crippen molar-refractivity contribution in [3.8, 4) is 0 Å². The molecule has 0 atom stereocenters. The number of ether oxygens (including phenoxy) is 1. The Morgan fingerprint density at radius 3 is 2.18 bits per heavy atom. The van der Waals surface area contributed by atoms with Gasteiger partial charge in [-0.15, -0.1) is 0 Å². The number of hydrogen-bond donors (Lipinski definition) is 1. The molecular formula is C11H13F4NO. The third-order valence-electron chi connectivity index (χ3n) is 2.01. The van der Waals surface area contributed by atoms with Gasteiger partial charge in [-0.05, 0) is 6.42 Å². The van der Waals surface area contributed by atoms with Crippen molar-refractivity contribution in [2.45, 2.75) is 13.3 Å². The summed E-state index contributed by atoms with van der Waals surface area (Å²) in [4.78, 5) is 0. The second kappa shape index (κ2) is 6.44. The van der Waals surface area contributed by atoms with Crippen LogP contribution in [0.15, 0.2) is 6.07 Å². The molecule has 0 aliphatic carbocycles. The van der Waals surface area contributed by atoms with E-state index in [1.807, 2.05) is 6.92 Å². The van der Waals surface area contributed by atoms with Gasteiger partial charge in [0.25, 0.3) is 0 Å². The SMILES string of the molecule is CCCOCCNc1c(F)c(F)cc(F)c1F. The van der Waals surface area contributed by atoms with E-state index in [4.69, 9.17) is 4.74 Å². The minimum absolute atomic E-state index is 0.0662. The van der Waals surface area contributed by atoms with Crippen LogP contribution in [0.1, 0.15) is 13.3 Å². The minimum atomic E-state index is -1.43. The van der Waals surface area contributed by atoms with Crippen LogP contribution >= 0.6 is 0 Å². The maximum absolute atomic E-state index is 13.1. The Bertz CT molecular complexity index is 358. The number of nitrogens with one attached hydrogen (secondary N) is 1. The van der Waals surface area contributed by atoms with Gasteiger partial charge >= 0.3 is 0 Å². The maximum atomic E-state index is 13.1. The summed E-state index contributed by atoms with van der Waals surface area (Å²) in [5.74, 6) is -5.72. The van der Waals surface area contributed by atoms with Crippen LogP contribution < -0.4 is 5.32 Å². The lowest BCUT2D eigenvalue weighted by Gasteiger charge is -2.10. The van der Waals surface area contributed by atoms with Crippen LogP contribution in [0.4, 0.5) is 23.2 Å². The molecule has 1 N–H and O–H groups in total. The Morgan fingerprint density at radius 1 is 1.06 bits per heavy atom. The highest BCUT2D eigenvalue weighted by molar-refractivity contribution is 5.47. The second-order valence-corrected chi connectivity index (χ2v) is 3.38. The van der Waals surface area contributed by atoms with E-state index < -0.39 is 29.0 Å². The minimum Gasteiger partial charge on any atom is -0.380 e. The van der Waals surface area contributed by atoms with E-state index in [9.17, 15) is 17.6 Å². The Hall–Kier alpha value is -1.30. The Morgan fingerprint density at radius 2 is 1.65 bits per heavy atom. The molecule has 1 rings (SSSR count). The zero-order valence-electron chi connectivity index (χ0n) is 9.33. The van der Waals surface area contributed by atoms with Crippen LogP contribution in [0.25, 0.3) is 0 Å². The first-order valence-corrected chi connectivity index (χ1v) is 5.22. The molecule has 1 aromatic carbocycles. The Labute approximate surface area is 96.6 Å². The first-order valence-electron chi connectivity index (χ1n) is 5.22. The molecule has 0 spiro atoms. The molecule has 0 fully saturated rings. The fourth-order valence-corrected chi connectivity index (χ4v) is 1.22. The van der Waals surface area contributed by atoms with Crippen LogP contribution in [-0.4, -0.2) is 19.8 Å². The molecule has 0 heterocycles. The van der Waals surface area contributed by atoms with Crippen LogP contribution in [-0.2, 0) is 4.74 Å². The molecule has 0 aliphatic heterocycles. The van der Waals surface area contributed by atoms with E-state index >= 15 is 0 Å². The summed E-state index contributed by atoms with van der Waals surface area (Å²) >= 11 is 0. The van der Waals surface area contributed by atoms with Crippen LogP contribution in [0.2, 0.25) is 0 Å². The van der Waals surface area contributed by atoms with Crippen molar-refractivity contribution in [1.82, 2.24) is 0 Å². The molecule has 0 radical (unpaired) electrons. The normalized spacial score (nSPS) is 10.6. The predicted molar refractivity (Wildman–Crippen MR) is 55.9 cm³/mol. The third kappa shape index (κ3) is 3.59. The number of halogens is 4. The first-order chi connectivity index (χ1) is 8.07. The third-order valence-corrected chi connectivity index (χ3v) is 2.01. The van der Waals surface area contributed by atoms with Gasteiger partial charge in [-0.25, -0.2) is 17.6 Å². The van der Waals surface area contributed by atoms with E-state index in [2.05, 4.69) is 5.32 Å². The number of rotatable bonds is 6. The van der Waals surface area contributed by atoms with Gasteiger partial charge in [0.2, 0.25) is 0 Å². The number of anilines is 1. The van der Waals surface area contributed by atoms with Crippen molar-refractivity contribution in [3.05, 3.63) is 29.3 Å². The topological polar surface area (TPSA) is 21.3 Å². The zero-order chi connectivity index (χ0) is 12.8. The summed E-state index contributed by atoms with van der Waals surface area (Å²) in [5.41, 5.74) is -0.803. The van der Waals surface area contributed by atoms with E-state index in [0.29, 0.717) is 6.61 Å². The van der Waals surface area contributed by atoms with Gasteiger partial charge < -0.3 is 10.1 Å². The highest BCUT2D eigenvalue weighted by atomic mass is 19.2. The van der Waals surface area contributed by atoms with Gasteiger partial charge in [0.1, 0.15) is 5.69 Å². The lowest BCUT2D eigenvalue weighted by atomic mass is 10.2. The van der Waals surface area contributed by atoms with Crippen molar-refractivity contribution in [1.29, 1.82) is 0 Å². The standard InChI is InChI=1S/C11H13F4NO/c1-2-4-17-5-3-16-11-9(14)7(12)6-8(13)10(11)15/h6,16H,2-5H2,1H3. The summed E-state index contributed by atoms with van der Waals surface area (Å²) in [6, 6.07) is 0.170. The average molecular weight is 251 g/mol. The summed E-state index contributed by atoms with van der Waals surface area (Å²) in [6.45, 7) is 2.69. The molecule has 0 aromatic heterocycles. The molecule has 0 saturated heterocycles. The van der Waals surface area contributed by atoms with Crippen molar-refractivity contribution >= 4 is 5.69 Å². The molecule has 17 heavy (non-hydrogen) atoms. The quantitative estimate of drug-likeness (QED) is 0.476. The molecule has 0 bridgehead atoms. The average Bonchev–Trinajstić information content (AvgIpc) is 2.30. The maximum Gasteiger partial charge on any atom is 0.185 e. The van der Waals surface area contributed by atoms with Crippen molar-refractivity contribution in [3.63, 3.8) is 0 Å². The molecule has 0 amide bonds. The smallest absolute Gasteiger partial charge is 0.185 e. The van der Waals surface area contributed by atoms with E-state index in [-0.39, 0.29) is 19.2 Å². The fraction of sp³-hybridized carbons (Fsp3) is 0.455. The molecule has 1 aromatic rings. The molecule has 0 saturated carbocycles. The largest absolute Gasteiger partial charge is 0.380 e. The van der Waals surface area contributed by atoms with E-state index in [0.717, 1.165) is 6.42 Å².